The van der Waals surface area contributed by atoms with Crippen LogP contribution in [0.3, 0.4) is 0 Å². The third kappa shape index (κ3) is 7.64. The number of thiazole rings is 1. The Morgan fingerprint density at radius 2 is 1.89 bits per heavy atom. The Hall–Kier alpha value is -3.91. The average Bonchev–Trinajstić information content (AvgIpc) is 3.79. The number of ketones is 1. The number of hydrogen-bond acceptors (Lipinski definition) is 10. The Labute approximate surface area is 279 Å². The fourth-order valence-corrected chi connectivity index (χ4v) is 7.63. The highest BCUT2D eigenvalue weighted by atomic mass is 32.2. The summed E-state index contributed by atoms with van der Waals surface area (Å²) >= 11 is 1.57. The minimum absolute atomic E-state index is 0.0000307. The molecule has 2 aromatic carbocycles. The molecular weight excluding hydrogens is 641 g/mol. The zero-order valence-corrected chi connectivity index (χ0v) is 28.7. The topological polar surface area (TPSA) is 152 Å². The number of benzene rings is 2. The molecule has 1 aliphatic rings. The molecule has 1 saturated heterocycles. The van der Waals surface area contributed by atoms with Gasteiger partial charge < -0.3 is 19.8 Å². The van der Waals surface area contributed by atoms with Crippen molar-refractivity contribution in [3.05, 3.63) is 76.6 Å². The molecule has 4 aromatic rings. The molecule has 0 saturated carbocycles. The van der Waals surface area contributed by atoms with E-state index in [0.717, 1.165) is 27.3 Å². The molecule has 13 heteroatoms. The standard InChI is InChI=1S/C34H40N4O7S2/c1-6-13-44-47(42,43)26-12-7-21(4)27(15-26)28-16-30(45-37-28)31(20(2)3)32(40)29-14-25(39)18-38(29)34(41)35-17-23-8-10-24(11-9-23)33-22(5)36-19-46-33/h7-12,15-16,19-20,25,29,31,39H,6,13-14,17-18H2,1-5H3,(H,35,41)/t25-,29?,31?/m0/s1. The SMILES string of the molecule is CCCOS(=O)(=O)c1ccc(C)c(-c2cc(C(C(=O)C3C[C@H](O)CN3C(=O)NCc3ccc(-c4scnc4C)cc3)C(C)C)on2)c1. The largest absolute Gasteiger partial charge is 0.391 e. The normalized spacial score (nSPS) is 17.3. The maximum atomic E-state index is 14.1. The van der Waals surface area contributed by atoms with E-state index in [2.05, 4.69) is 15.5 Å². The summed E-state index contributed by atoms with van der Waals surface area (Å²) in [6.45, 7) is 9.72. The van der Waals surface area contributed by atoms with Crippen LogP contribution >= 0.6 is 11.3 Å². The first kappa shape index (κ1) is 34.4. The number of rotatable bonds is 12. The molecule has 250 valence electrons. The molecule has 3 atom stereocenters. The molecular formula is C34H40N4O7S2. The van der Waals surface area contributed by atoms with Gasteiger partial charge in [-0.2, -0.15) is 8.42 Å². The van der Waals surface area contributed by atoms with Gasteiger partial charge in [0.2, 0.25) is 0 Å². The van der Waals surface area contributed by atoms with E-state index in [1.807, 2.05) is 64.4 Å². The van der Waals surface area contributed by atoms with Gasteiger partial charge in [-0.1, -0.05) is 56.3 Å². The number of carbonyl (C=O) groups excluding carboxylic acids is 2. The van der Waals surface area contributed by atoms with Crippen molar-refractivity contribution in [2.24, 2.45) is 5.92 Å². The number of β-amino-alcohol motifs (C(OH)–C–C–N with tert-alkyl or cyclic N) is 1. The molecule has 0 aliphatic carbocycles. The second-order valence-electron chi connectivity index (χ2n) is 12.2. The van der Waals surface area contributed by atoms with Gasteiger partial charge in [0.05, 0.1) is 45.6 Å². The minimum atomic E-state index is -3.95. The first-order valence-electron chi connectivity index (χ1n) is 15.6. The van der Waals surface area contributed by atoms with Crippen LogP contribution in [0.4, 0.5) is 4.79 Å². The van der Waals surface area contributed by atoms with Gasteiger partial charge in [0.1, 0.15) is 11.5 Å². The highest BCUT2D eigenvalue weighted by molar-refractivity contribution is 7.86. The van der Waals surface area contributed by atoms with Crippen LogP contribution in [0.1, 0.15) is 62.1 Å². The van der Waals surface area contributed by atoms with E-state index in [0.29, 0.717) is 23.4 Å². The summed E-state index contributed by atoms with van der Waals surface area (Å²) in [5, 5.41) is 17.6. The first-order chi connectivity index (χ1) is 22.4. The van der Waals surface area contributed by atoms with Crippen LogP contribution in [0.2, 0.25) is 0 Å². The van der Waals surface area contributed by atoms with Gasteiger partial charge in [-0.05, 0) is 55.0 Å². The molecule has 1 fully saturated rings. The fourth-order valence-electron chi connectivity index (χ4n) is 5.80. The number of aromatic nitrogens is 2. The van der Waals surface area contributed by atoms with Crippen LogP contribution in [0.5, 0.6) is 0 Å². The maximum absolute atomic E-state index is 14.1. The van der Waals surface area contributed by atoms with E-state index < -0.39 is 34.2 Å². The monoisotopic (exact) mass is 680 g/mol. The van der Waals surface area contributed by atoms with E-state index in [1.54, 1.807) is 23.5 Å². The number of aliphatic hydroxyl groups is 1. The number of aryl methyl sites for hydroxylation is 2. The van der Waals surface area contributed by atoms with Crippen molar-refractivity contribution in [3.8, 4) is 21.7 Å². The molecule has 1 aliphatic heterocycles. The fraction of sp³-hybridized carbons (Fsp3) is 0.412. The maximum Gasteiger partial charge on any atom is 0.318 e. The van der Waals surface area contributed by atoms with Crippen LogP contribution in [0.15, 0.2) is 63.5 Å². The molecule has 2 aromatic heterocycles. The lowest BCUT2D eigenvalue weighted by Gasteiger charge is -2.27. The molecule has 11 nitrogen and oxygen atoms in total. The van der Waals surface area contributed by atoms with E-state index in [-0.39, 0.29) is 42.7 Å². The number of likely N-dealkylation sites (tertiary alicyclic amines) is 1. The number of amides is 2. The van der Waals surface area contributed by atoms with Crippen LogP contribution in [0, 0.1) is 19.8 Å². The average molecular weight is 681 g/mol. The van der Waals surface area contributed by atoms with E-state index >= 15 is 0 Å². The lowest BCUT2D eigenvalue weighted by molar-refractivity contribution is -0.125. The number of Topliss-reactive ketones (excluding diaryl/α,β-unsaturated/α-hetero) is 1. The second kappa shape index (κ2) is 14.5. The summed E-state index contributed by atoms with van der Waals surface area (Å²) in [5.74, 6) is -0.945. The summed E-state index contributed by atoms with van der Waals surface area (Å²) in [5.41, 5.74) is 6.40. The Kier molecular flexibility index (Phi) is 10.6. The van der Waals surface area contributed by atoms with Crippen molar-refractivity contribution < 1.29 is 31.8 Å². The molecule has 0 bridgehead atoms. The number of hydrogen-bond donors (Lipinski definition) is 2. The Morgan fingerprint density at radius 3 is 2.55 bits per heavy atom. The van der Waals surface area contributed by atoms with Gasteiger partial charge in [-0.25, -0.2) is 9.78 Å². The number of carbonyl (C=O) groups is 2. The molecule has 0 radical (unpaired) electrons. The number of nitrogens with zero attached hydrogens (tertiary/aromatic N) is 3. The first-order valence-corrected chi connectivity index (χ1v) is 17.9. The van der Waals surface area contributed by atoms with Crippen molar-refractivity contribution in [3.63, 3.8) is 0 Å². The smallest absolute Gasteiger partial charge is 0.318 e. The van der Waals surface area contributed by atoms with Gasteiger partial charge >= 0.3 is 6.03 Å². The van der Waals surface area contributed by atoms with E-state index in [9.17, 15) is 23.1 Å². The third-order valence-corrected chi connectivity index (χ3v) is 10.6. The van der Waals surface area contributed by atoms with Crippen molar-refractivity contribution in [1.82, 2.24) is 20.4 Å². The summed E-state index contributed by atoms with van der Waals surface area (Å²) in [7, 11) is -3.95. The second-order valence-corrected chi connectivity index (χ2v) is 14.6. The van der Waals surface area contributed by atoms with Crippen molar-refractivity contribution >= 4 is 33.3 Å². The highest BCUT2D eigenvalue weighted by Crippen LogP contribution is 2.35. The Balaban J connectivity index is 1.31. The minimum Gasteiger partial charge on any atom is -0.391 e. The lowest BCUT2D eigenvalue weighted by atomic mass is 9.84. The number of nitrogens with one attached hydrogen (secondary N) is 1. The molecule has 3 heterocycles. The molecule has 2 unspecified atom stereocenters. The Bertz CT molecular complexity index is 1830. The van der Waals surface area contributed by atoms with E-state index in [4.69, 9.17) is 8.71 Å². The van der Waals surface area contributed by atoms with Crippen molar-refractivity contribution in [2.75, 3.05) is 13.2 Å². The van der Waals surface area contributed by atoms with Crippen LogP contribution in [0.25, 0.3) is 21.7 Å². The van der Waals surface area contributed by atoms with Crippen molar-refractivity contribution in [1.29, 1.82) is 0 Å². The molecule has 47 heavy (non-hydrogen) atoms. The zero-order valence-electron chi connectivity index (χ0n) is 27.1. The molecule has 0 spiro atoms. The van der Waals surface area contributed by atoms with Gasteiger partial charge in [-0.15, -0.1) is 11.3 Å². The third-order valence-electron chi connectivity index (χ3n) is 8.30. The number of aliphatic hydroxyl groups excluding tert-OH is 1. The quantitative estimate of drug-likeness (QED) is 0.176. The summed E-state index contributed by atoms with van der Waals surface area (Å²) in [6.07, 6.45) is -0.193. The Morgan fingerprint density at radius 1 is 1.15 bits per heavy atom. The van der Waals surface area contributed by atoms with E-state index in [1.165, 1.54) is 17.0 Å². The molecule has 2 N–H and O–H groups in total. The summed E-state index contributed by atoms with van der Waals surface area (Å²) < 4.78 is 36.1. The van der Waals surface area contributed by atoms with Crippen molar-refractivity contribution in [2.45, 2.75) is 77.0 Å². The van der Waals surface area contributed by atoms with Gasteiger partial charge in [0.25, 0.3) is 10.1 Å². The van der Waals surface area contributed by atoms with Crippen LogP contribution < -0.4 is 5.32 Å². The highest BCUT2D eigenvalue weighted by Gasteiger charge is 2.43. The predicted octanol–water partition coefficient (Wildman–Crippen LogP) is 5.85. The summed E-state index contributed by atoms with van der Waals surface area (Å²) in [4.78, 5) is 34.2. The lowest BCUT2D eigenvalue weighted by Crippen LogP contribution is -2.47. The van der Waals surface area contributed by atoms with Crippen LogP contribution in [-0.2, 0) is 25.6 Å². The van der Waals surface area contributed by atoms with Gasteiger partial charge in [0.15, 0.2) is 5.78 Å². The molecule has 5 rings (SSSR count). The predicted molar refractivity (Wildman–Crippen MR) is 178 cm³/mol. The van der Waals surface area contributed by atoms with Gasteiger partial charge in [0, 0.05) is 31.1 Å². The van der Waals surface area contributed by atoms with Gasteiger partial charge in [-0.3, -0.25) is 8.98 Å². The number of urea groups is 1. The molecule has 2 amide bonds. The summed E-state index contributed by atoms with van der Waals surface area (Å²) in [6, 6.07) is 12.8. The van der Waals surface area contributed by atoms with Crippen LogP contribution in [-0.4, -0.2) is 65.7 Å². The zero-order chi connectivity index (χ0) is 33.9.